The number of anilines is 1. The molecule has 0 aliphatic heterocycles. The van der Waals surface area contributed by atoms with Gasteiger partial charge in [0.1, 0.15) is 5.60 Å². The first-order valence-corrected chi connectivity index (χ1v) is 6.75. The number of hydrogen-bond acceptors (Lipinski definition) is 4. The van der Waals surface area contributed by atoms with Gasteiger partial charge in [0.25, 0.3) is 0 Å². The molecule has 1 amide bonds. The van der Waals surface area contributed by atoms with Crippen molar-refractivity contribution in [3.8, 4) is 0 Å². The van der Waals surface area contributed by atoms with E-state index in [1.165, 1.54) is 0 Å². The van der Waals surface area contributed by atoms with Crippen LogP contribution in [0.2, 0.25) is 0 Å². The number of carboxylic acids is 1. The van der Waals surface area contributed by atoms with E-state index in [9.17, 15) is 9.59 Å². The Morgan fingerprint density at radius 3 is 2.33 bits per heavy atom. The molecule has 1 atom stereocenters. The molecule has 6 heteroatoms. The van der Waals surface area contributed by atoms with Crippen LogP contribution in [0.15, 0.2) is 24.3 Å². The molecule has 0 bridgehead atoms. The van der Waals surface area contributed by atoms with Crippen LogP contribution in [0.25, 0.3) is 0 Å². The molecule has 0 saturated carbocycles. The molecule has 0 fully saturated rings. The molecule has 6 nitrogen and oxygen atoms in total. The maximum absolute atomic E-state index is 11.6. The molecule has 0 aliphatic carbocycles. The minimum atomic E-state index is -0.867. The maximum atomic E-state index is 11.6. The zero-order chi connectivity index (χ0) is 16.0. The van der Waals surface area contributed by atoms with Crippen LogP contribution < -0.4 is 11.1 Å². The summed E-state index contributed by atoms with van der Waals surface area (Å²) in [4.78, 5) is 22.1. The summed E-state index contributed by atoms with van der Waals surface area (Å²) in [6, 6.07) is 6.61. The highest BCUT2D eigenvalue weighted by molar-refractivity contribution is 5.84. The summed E-state index contributed by atoms with van der Waals surface area (Å²) in [6.45, 7) is 5.37. The highest BCUT2D eigenvalue weighted by Gasteiger charge is 2.16. The van der Waals surface area contributed by atoms with Crippen LogP contribution in [-0.4, -0.2) is 22.8 Å². The smallest absolute Gasteiger partial charge is 0.412 e. The fourth-order valence-electron chi connectivity index (χ4n) is 1.68. The summed E-state index contributed by atoms with van der Waals surface area (Å²) in [5.74, 6) is -0.867. The van der Waals surface area contributed by atoms with Crippen molar-refractivity contribution in [3.63, 3.8) is 0 Å². The molecule has 0 aromatic heterocycles. The van der Waals surface area contributed by atoms with E-state index in [1.54, 1.807) is 45.0 Å². The van der Waals surface area contributed by atoms with E-state index in [2.05, 4.69) is 5.32 Å². The van der Waals surface area contributed by atoms with Crippen molar-refractivity contribution in [2.24, 2.45) is 5.73 Å². The van der Waals surface area contributed by atoms with E-state index in [1.807, 2.05) is 0 Å². The van der Waals surface area contributed by atoms with Crippen molar-refractivity contribution in [2.45, 2.75) is 45.3 Å². The Labute approximate surface area is 124 Å². The predicted octanol–water partition coefficient (Wildman–Crippen LogP) is 2.90. The molecule has 21 heavy (non-hydrogen) atoms. The molecular weight excluding hydrogens is 272 g/mol. The van der Waals surface area contributed by atoms with Crippen LogP contribution >= 0.6 is 0 Å². The third kappa shape index (κ3) is 6.76. The summed E-state index contributed by atoms with van der Waals surface area (Å²) in [5, 5.41) is 11.2. The number of amides is 1. The van der Waals surface area contributed by atoms with Crippen molar-refractivity contribution < 1.29 is 19.4 Å². The Bertz CT molecular complexity index is 491. The molecule has 1 aromatic carbocycles. The van der Waals surface area contributed by atoms with Gasteiger partial charge in [-0.2, -0.15) is 0 Å². The molecule has 0 spiro atoms. The Morgan fingerprint density at radius 2 is 1.86 bits per heavy atom. The van der Waals surface area contributed by atoms with Gasteiger partial charge in [-0.15, -0.1) is 0 Å². The number of nitrogens with one attached hydrogen (secondary N) is 1. The lowest BCUT2D eigenvalue weighted by Gasteiger charge is -2.19. The summed E-state index contributed by atoms with van der Waals surface area (Å²) in [7, 11) is 0. The molecule has 0 heterocycles. The molecule has 1 rings (SSSR count). The number of hydrogen-bond donors (Lipinski definition) is 3. The second-order valence-electron chi connectivity index (χ2n) is 5.79. The van der Waals surface area contributed by atoms with Gasteiger partial charge in [0.2, 0.25) is 0 Å². The van der Waals surface area contributed by atoms with Gasteiger partial charge < -0.3 is 15.6 Å². The van der Waals surface area contributed by atoms with E-state index in [0.717, 1.165) is 5.56 Å². The third-order valence-corrected chi connectivity index (χ3v) is 2.65. The van der Waals surface area contributed by atoms with Gasteiger partial charge in [-0.25, -0.2) is 4.79 Å². The number of rotatable bonds is 5. The topological polar surface area (TPSA) is 102 Å². The van der Waals surface area contributed by atoms with E-state index < -0.39 is 17.7 Å². The van der Waals surface area contributed by atoms with Gasteiger partial charge in [-0.05, 0) is 44.9 Å². The molecule has 0 radical (unpaired) electrons. The van der Waals surface area contributed by atoms with Crippen LogP contribution in [0, 0.1) is 0 Å². The molecule has 1 aromatic rings. The largest absolute Gasteiger partial charge is 0.481 e. The molecule has 4 N–H and O–H groups in total. The lowest BCUT2D eigenvalue weighted by Crippen LogP contribution is -2.27. The number of aliphatic carboxylic acids is 1. The molecule has 1 unspecified atom stereocenters. The Balaban J connectivity index is 2.57. The highest BCUT2D eigenvalue weighted by Crippen LogP contribution is 2.19. The first-order chi connectivity index (χ1) is 9.67. The van der Waals surface area contributed by atoms with Crippen LogP contribution in [0.1, 0.15) is 45.2 Å². The van der Waals surface area contributed by atoms with Crippen LogP contribution in [-0.2, 0) is 9.53 Å². The van der Waals surface area contributed by atoms with Gasteiger partial charge in [0.15, 0.2) is 0 Å². The molecular formula is C15H22N2O4. The van der Waals surface area contributed by atoms with E-state index in [-0.39, 0.29) is 12.5 Å². The Morgan fingerprint density at radius 1 is 1.29 bits per heavy atom. The lowest BCUT2D eigenvalue weighted by atomic mass is 10.0. The van der Waals surface area contributed by atoms with Crippen molar-refractivity contribution >= 4 is 17.7 Å². The predicted molar refractivity (Wildman–Crippen MR) is 80.1 cm³/mol. The average Bonchev–Trinajstić information content (AvgIpc) is 2.34. The molecule has 0 saturated heterocycles. The number of benzene rings is 1. The minimum absolute atomic E-state index is 0.0269. The number of carbonyl (C=O) groups is 2. The second kappa shape index (κ2) is 7.08. The van der Waals surface area contributed by atoms with Gasteiger partial charge >= 0.3 is 12.1 Å². The highest BCUT2D eigenvalue weighted by atomic mass is 16.6. The summed E-state index contributed by atoms with van der Waals surface area (Å²) in [6.07, 6.45) is -0.127. The maximum Gasteiger partial charge on any atom is 0.412 e. The van der Waals surface area contributed by atoms with Crippen molar-refractivity contribution in [2.75, 3.05) is 5.32 Å². The third-order valence-electron chi connectivity index (χ3n) is 2.65. The van der Waals surface area contributed by atoms with Gasteiger partial charge in [0, 0.05) is 18.2 Å². The fraction of sp³-hybridized carbons (Fsp3) is 0.467. The average molecular weight is 294 g/mol. The Kier molecular flexibility index (Phi) is 5.72. The SMILES string of the molecule is CC(C)(C)OC(=O)Nc1ccc(C(N)CCC(=O)O)cc1. The summed E-state index contributed by atoms with van der Waals surface area (Å²) < 4.78 is 5.14. The quantitative estimate of drug-likeness (QED) is 0.775. The van der Waals surface area contributed by atoms with Crippen LogP contribution in [0.4, 0.5) is 10.5 Å². The summed E-state index contributed by atoms with van der Waals surface area (Å²) in [5.41, 5.74) is 6.77. The first kappa shape index (κ1) is 17.0. The van der Waals surface area contributed by atoms with Gasteiger partial charge in [-0.1, -0.05) is 12.1 Å². The monoisotopic (exact) mass is 294 g/mol. The zero-order valence-corrected chi connectivity index (χ0v) is 12.6. The van der Waals surface area contributed by atoms with Gasteiger partial charge in [0.05, 0.1) is 0 Å². The lowest BCUT2D eigenvalue weighted by molar-refractivity contribution is -0.137. The fourth-order valence-corrected chi connectivity index (χ4v) is 1.68. The van der Waals surface area contributed by atoms with Crippen molar-refractivity contribution in [1.29, 1.82) is 0 Å². The number of nitrogens with two attached hydrogens (primary N) is 1. The first-order valence-electron chi connectivity index (χ1n) is 6.75. The normalized spacial score (nSPS) is 12.6. The zero-order valence-electron chi connectivity index (χ0n) is 12.6. The van der Waals surface area contributed by atoms with E-state index >= 15 is 0 Å². The van der Waals surface area contributed by atoms with E-state index in [4.69, 9.17) is 15.6 Å². The van der Waals surface area contributed by atoms with Crippen molar-refractivity contribution in [3.05, 3.63) is 29.8 Å². The number of ether oxygens (including phenoxy) is 1. The van der Waals surface area contributed by atoms with Crippen LogP contribution in [0.3, 0.4) is 0 Å². The molecule has 0 aliphatic rings. The minimum Gasteiger partial charge on any atom is -0.481 e. The standard InChI is InChI=1S/C15H22N2O4/c1-15(2,3)21-14(20)17-11-6-4-10(5-7-11)12(16)8-9-13(18)19/h4-7,12H,8-9,16H2,1-3H3,(H,17,20)(H,18,19). The van der Waals surface area contributed by atoms with Crippen LogP contribution in [0.5, 0.6) is 0 Å². The Hall–Kier alpha value is -2.08. The van der Waals surface area contributed by atoms with Gasteiger partial charge in [-0.3, -0.25) is 10.1 Å². The number of carbonyl (C=O) groups excluding carboxylic acids is 1. The van der Waals surface area contributed by atoms with E-state index in [0.29, 0.717) is 12.1 Å². The number of carboxylic acid groups (broad SMARTS) is 1. The summed E-state index contributed by atoms with van der Waals surface area (Å²) >= 11 is 0. The molecule has 116 valence electrons. The second-order valence-corrected chi connectivity index (χ2v) is 5.79. The van der Waals surface area contributed by atoms with Crippen molar-refractivity contribution in [1.82, 2.24) is 0 Å².